The zero-order valence-corrected chi connectivity index (χ0v) is 12.1. The second-order valence-electron chi connectivity index (χ2n) is 4.59. The molecule has 0 aliphatic rings. The van der Waals surface area contributed by atoms with Gasteiger partial charge in [0.15, 0.2) is 5.82 Å². The minimum atomic E-state index is -0.614. The van der Waals surface area contributed by atoms with Crippen molar-refractivity contribution in [3.63, 3.8) is 0 Å². The van der Waals surface area contributed by atoms with Crippen LogP contribution in [0.3, 0.4) is 0 Å². The Morgan fingerprint density at radius 1 is 1.35 bits per heavy atom. The van der Waals surface area contributed by atoms with Crippen molar-refractivity contribution in [1.82, 2.24) is 14.8 Å². The van der Waals surface area contributed by atoms with E-state index < -0.39 is 6.10 Å². The maximum Gasteiger partial charge on any atom is 0.170 e. The summed E-state index contributed by atoms with van der Waals surface area (Å²) in [7, 11) is 3.47. The molecule has 0 unspecified atom stereocenters. The number of rotatable bonds is 5. The zero-order valence-electron chi connectivity index (χ0n) is 12.1. The van der Waals surface area contributed by atoms with Gasteiger partial charge in [-0.15, -0.1) is 10.2 Å². The second kappa shape index (κ2) is 5.92. The molecule has 0 fully saturated rings. The molecule has 1 N–H and O–H groups in total. The van der Waals surface area contributed by atoms with E-state index in [0.29, 0.717) is 17.1 Å². The Balaban J connectivity index is 2.21. The molecule has 2 rings (SSSR count). The quantitative estimate of drug-likeness (QED) is 0.902. The van der Waals surface area contributed by atoms with E-state index in [2.05, 4.69) is 10.2 Å². The Morgan fingerprint density at radius 3 is 2.65 bits per heavy atom. The van der Waals surface area contributed by atoms with Crippen LogP contribution in [0.5, 0.6) is 11.5 Å². The van der Waals surface area contributed by atoms with E-state index in [1.807, 2.05) is 18.5 Å². The summed E-state index contributed by atoms with van der Waals surface area (Å²) in [6.07, 6.45) is -0.614. The van der Waals surface area contributed by atoms with Gasteiger partial charge in [0.05, 0.1) is 13.2 Å². The lowest BCUT2D eigenvalue weighted by Gasteiger charge is -2.14. The maximum absolute atomic E-state index is 9.77. The average molecular weight is 277 g/mol. The van der Waals surface area contributed by atoms with Crippen LogP contribution in [0.4, 0.5) is 0 Å². The number of aliphatic hydroxyl groups excluding tert-OH is 1. The van der Waals surface area contributed by atoms with Gasteiger partial charge in [0, 0.05) is 18.7 Å². The van der Waals surface area contributed by atoms with E-state index in [1.54, 1.807) is 32.2 Å². The number of aryl methyl sites for hydroxylation is 1. The molecule has 20 heavy (non-hydrogen) atoms. The maximum atomic E-state index is 9.77. The van der Waals surface area contributed by atoms with Crippen LogP contribution in [0.2, 0.25) is 0 Å². The van der Waals surface area contributed by atoms with Gasteiger partial charge in [0.25, 0.3) is 0 Å². The van der Waals surface area contributed by atoms with Crippen LogP contribution < -0.4 is 9.47 Å². The number of aliphatic hydroxyl groups is 1. The van der Waals surface area contributed by atoms with Crippen molar-refractivity contribution < 1.29 is 14.6 Å². The Bertz CT molecular complexity index is 593. The molecule has 108 valence electrons. The standard InChI is InChI=1S/C14H19N3O3/c1-9(18)12-6-5-11(19-4)7-13(12)20-8-14-16-15-10(2)17(14)3/h5-7,9,18H,8H2,1-4H3/t9-/m0/s1. The fourth-order valence-corrected chi connectivity index (χ4v) is 1.83. The summed E-state index contributed by atoms with van der Waals surface area (Å²) < 4.78 is 12.8. The Morgan fingerprint density at radius 2 is 2.10 bits per heavy atom. The van der Waals surface area contributed by atoms with Crippen LogP contribution in [0.1, 0.15) is 30.2 Å². The van der Waals surface area contributed by atoms with Gasteiger partial charge in [0.2, 0.25) is 0 Å². The molecule has 6 heteroatoms. The minimum Gasteiger partial charge on any atom is -0.497 e. The number of aromatic nitrogens is 3. The van der Waals surface area contributed by atoms with Crippen LogP contribution in [0.25, 0.3) is 0 Å². The predicted octanol–water partition coefficient (Wildman–Crippen LogP) is 1.76. The van der Waals surface area contributed by atoms with Crippen molar-refractivity contribution in [1.29, 1.82) is 0 Å². The average Bonchev–Trinajstić information content (AvgIpc) is 2.76. The summed E-state index contributed by atoms with van der Waals surface area (Å²) in [5.41, 5.74) is 0.713. The first kappa shape index (κ1) is 14.3. The minimum absolute atomic E-state index is 0.282. The van der Waals surface area contributed by atoms with Crippen molar-refractivity contribution in [2.45, 2.75) is 26.6 Å². The molecule has 0 saturated heterocycles. The number of nitrogens with zero attached hydrogens (tertiary/aromatic N) is 3. The van der Waals surface area contributed by atoms with Gasteiger partial charge in [-0.2, -0.15) is 0 Å². The molecule has 6 nitrogen and oxygen atoms in total. The third-order valence-electron chi connectivity index (χ3n) is 3.21. The lowest BCUT2D eigenvalue weighted by Crippen LogP contribution is -2.06. The topological polar surface area (TPSA) is 69.4 Å². The molecular formula is C14H19N3O3. The largest absolute Gasteiger partial charge is 0.497 e. The fourth-order valence-electron chi connectivity index (χ4n) is 1.83. The molecule has 1 aromatic heterocycles. The Hall–Kier alpha value is -2.08. The van der Waals surface area contributed by atoms with E-state index in [0.717, 1.165) is 11.6 Å². The molecule has 2 aromatic rings. The van der Waals surface area contributed by atoms with E-state index in [-0.39, 0.29) is 6.61 Å². The monoisotopic (exact) mass is 277 g/mol. The van der Waals surface area contributed by atoms with Gasteiger partial charge < -0.3 is 19.1 Å². The smallest absolute Gasteiger partial charge is 0.170 e. The van der Waals surface area contributed by atoms with Gasteiger partial charge in [-0.05, 0) is 26.0 Å². The molecule has 0 spiro atoms. The fraction of sp³-hybridized carbons (Fsp3) is 0.429. The van der Waals surface area contributed by atoms with Crippen LogP contribution >= 0.6 is 0 Å². The van der Waals surface area contributed by atoms with Crippen LogP contribution in [0.15, 0.2) is 18.2 Å². The summed E-state index contributed by atoms with van der Waals surface area (Å²) in [5, 5.41) is 17.8. The highest BCUT2D eigenvalue weighted by Gasteiger charge is 2.12. The SMILES string of the molecule is COc1ccc([C@H](C)O)c(OCc2nnc(C)n2C)c1. The van der Waals surface area contributed by atoms with Gasteiger partial charge in [-0.1, -0.05) is 0 Å². The summed E-state index contributed by atoms with van der Waals surface area (Å²) >= 11 is 0. The summed E-state index contributed by atoms with van der Waals surface area (Å²) in [5.74, 6) is 2.81. The molecule has 0 bridgehead atoms. The highest BCUT2D eigenvalue weighted by Crippen LogP contribution is 2.30. The summed E-state index contributed by atoms with van der Waals surface area (Å²) in [4.78, 5) is 0. The van der Waals surface area contributed by atoms with E-state index in [1.165, 1.54) is 0 Å². The molecule has 1 heterocycles. The van der Waals surface area contributed by atoms with Crippen molar-refractivity contribution in [3.8, 4) is 11.5 Å². The number of methoxy groups -OCH3 is 1. The molecule has 0 aliphatic carbocycles. The normalized spacial score (nSPS) is 12.2. The summed E-state index contributed by atoms with van der Waals surface area (Å²) in [6.45, 7) is 3.86. The Kier molecular flexibility index (Phi) is 4.24. The number of ether oxygens (including phenoxy) is 2. The van der Waals surface area contributed by atoms with Crippen LogP contribution in [-0.4, -0.2) is 27.0 Å². The molecule has 1 atom stereocenters. The van der Waals surface area contributed by atoms with Crippen molar-refractivity contribution in [2.24, 2.45) is 7.05 Å². The molecule has 1 aromatic carbocycles. The lowest BCUT2D eigenvalue weighted by molar-refractivity contribution is 0.189. The first-order chi connectivity index (χ1) is 9.52. The first-order valence-electron chi connectivity index (χ1n) is 6.36. The van der Waals surface area contributed by atoms with Gasteiger partial charge >= 0.3 is 0 Å². The zero-order chi connectivity index (χ0) is 14.7. The van der Waals surface area contributed by atoms with E-state index >= 15 is 0 Å². The number of hydrogen-bond acceptors (Lipinski definition) is 5. The third-order valence-corrected chi connectivity index (χ3v) is 3.21. The van der Waals surface area contributed by atoms with Crippen LogP contribution in [-0.2, 0) is 13.7 Å². The number of hydrogen-bond donors (Lipinski definition) is 1. The molecule has 0 saturated carbocycles. The predicted molar refractivity (Wildman–Crippen MR) is 73.7 cm³/mol. The number of benzene rings is 1. The van der Waals surface area contributed by atoms with E-state index in [9.17, 15) is 5.11 Å². The lowest BCUT2D eigenvalue weighted by atomic mass is 10.1. The van der Waals surface area contributed by atoms with Gasteiger partial charge in [-0.3, -0.25) is 0 Å². The summed E-state index contributed by atoms with van der Waals surface area (Å²) in [6, 6.07) is 5.34. The highest BCUT2D eigenvalue weighted by atomic mass is 16.5. The van der Waals surface area contributed by atoms with Crippen molar-refractivity contribution >= 4 is 0 Å². The molecule has 0 amide bonds. The Labute approximate surface area is 118 Å². The molecular weight excluding hydrogens is 258 g/mol. The highest BCUT2D eigenvalue weighted by molar-refractivity contribution is 5.41. The first-order valence-corrected chi connectivity index (χ1v) is 6.36. The van der Waals surface area contributed by atoms with E-state index in [4.69, 9.17) is 9.47 Å². The van der Waals surface area contributed by atoms with Crippen LogP contribution in [0, 0.1) is 6.92 Å². The van der Waals surface area contributed by atoms with Crippen molar-refractivity contribution in [2.75, 3.05) is 7.11 Å². The van der Waals surface area contributed by atoms with Crippen molar-refractivity contribution in [3.05, 3.63) is 35.4 Å². The second-order valence-corrected chi connectivity index (χ2v) is 4.59. The molecule has 0 aliphatic heterocycles. The van der Waals surface area contributed by atoms with Gasteiger partial charge in [-0.25, -0.2) is 0 Å². The molecule has 0 radical (unpaired) electrons. The van der Waals surface area contributed by atoms with Gasteiger partial charge in [0.1, 0.15) is 23.9 Å². The third kappa shape index (κ3) is 2.91.